The van der Waals surface area contributed by atoms with Crippen LogP contribution in [-0.4, -0.2) is 6.21 Å². The van der Waals surface area contributed by atoms with E-state index in [1.165, 1.54) is 0 Å². The molecule has 0 aromatic rings. The molecule has 2 nitrogen and oxygen atoms in total. The Morgan fingerprint density at radius 1 is 1.27 bits per heavy atom. The Morgan fingerprint density at radius 2 is 1.82 bits per heavy atom. The first kappa shape index (κ1) is 10.2. The molecule has 0 rings (SSSR count). The molecule has 1 N–H and O–H groups in total. The maximum Gasteiger partial charge on any atom is 0.0346 e. The van der Waals surface area contributed by atoms with Gasteiger partial charge in [-0.05, 0) is 13.8 Å². The number of hydrazone groups is 1. The van der Waals surface area contributed by atoms with Crippen LogP contribution in [0.1, 0.15) is 34.6 Å². The summed E-state index contributed by atoms with van der Waals surface area (Å²) >= 11 is 0. The number of allylic oxidation sites excluding steroid dienone is 2. The van der Waals surface area contributed by atoms with Crippen molar-refractivity contribution in [3.8, 4) is 0 Å². The third kappa shape index (κ3) is 3.81. The third-order valence-electron chi connectivity index (χ3n) is 1.41. The van der Waals surface area contributed by atoms with Gasteiger partial charge in [-0.2, -0.15) is 5.10 Å². The van der Waals surface area contributed by atoms with Crippen molar-refractivity contribution in [2.24, 2.45) is 10.5 Å². The smallest absolute Gasteiger partial charge is 0.0346 e. The summed E-state index contributed by atoms with van der Waals surface area (Å²) in [5, 5.41) is 3.97. The SMILES string of the molecule is CC=C(N/N=C\C)C(C)(C)C. The van der Waals surface area contributed by atoms with Crippen LogP contribution in [0.15, 0.2) is 16.9 Å². The van der Waals surface area contributed by atoms with Crippen molar-refractivity contribution in [1.82, 2.24) is 5.43 Å². The second-order valence-electron chi connectivity index (χ2n) is 3.45. The van der Waals surface area contributed by atoms with Gasteiger partial charge in [0, 0.05) is 17.3 Å². The average Bonchev–Trinajstić information content (AvgIpc) is 1.87. The number of nitrogens with zero attached hydrogens (tertiary/aromatic N) is 1. The molecule has 0 aliphatic rings. The van der Waals surface area contributed by atoms with Gasteiger partial charge >= 0.3 is 0 Å². The Labute approximate surface area is 69.4 Å². The van der Waals surface area contributed by atoms with Gasteiger partial charge in [-0.25, -0.2) is 0 Å². The molecule has 2 heteroatoms. The highest BCUT2D eigenvalue weighted by Gasteiger charge is 2.14. The minimum Gasteiger partial charge on any atom is -0.283 e. The van der Waals surface area contributed by atoms with Crippen molar-refractivity contribution in [3.63, 3.8) is 0 Å². The molecule has 64 valence electrons. The molecule has 0 aliphatic heterocycles. The van der Waals surface area contributed by atoms with Crippen molar-refractivity contribution >= 4 is 6.21 Å². The molecule has 0 heterocycles. The third-order valence-corrected chi connectivity index (χ3v) is 1.41. The van der Waals surface area contributed by atoms with Crippen LogP contribution in [0.5, 0.6) is 0 Å². The van der Waals surface area contributed by atoms with Gasteiger partial charge < -0.3 is 0 Å². The number of nitrogens with one attached hydrogen (secondary N) is 1. The first-order valence-corrected chi connectivity index (χ1v) is 3.93. The van der Waals surface area contributed by atoms with Crippen LogP contribution < -0.4 is 5.43 Å². The van der Waals surface area contributed by atoms with Crippen molar-refractivity contribution in [2.75, 3.05) is 0 Å². The fourth-order valence-corrected chi connectivity index (χ4v) is 0.799. The van der Waals surface area contributed by atoms with Crippen LogP contribution in [0.25, 0.3) is 0 Å². The average molecular weight is 154 g/mol. The van der Waals surface area contributed by atoms with E-state index in [4.69, 9.17) is 0 Å². The minimum absolute atomic E-state index is 0.154. The lowest BCUT2D eigenvalue weighted by molar-refractivity contribution is 0.464. The summed E-state index contributed by atoms with van der Waals surface area (Å²) in [5.41, 5.74) is 4.29. The molecule has 0 saturated carbocycles. The summed E-state index contributed by atoms with van der Waals surface area (Å²) in [5.74, 6) is 0. The van der Waals surface area contributed by atoms with Crippen LogP contribution in [0.4, 0.5) is 0 Å². The summed E-state index contributed by atoms with van der Waals surface area (Å²) in [6.07, 6.45) is 3.79. The van der Waals surface area contributed by atoms with Crippen LogP contribution >= 0.6 is 0 Å². The normalized spacial score (nSPS) is 14.1. The molecule has 0 aromatic heterocycles. The molecule has 0 saturated heterocycles. The second kappa shape index (κ2) is 4.16. The fraction of sp³-hybridized carbons (Fsp3) is 0.667. The lowest BCUT2D eigenvalue weighted by Crippen LogP contribution is -2.20. The van der Waals surface area contributed by atoms with E-state index in [2.05, 4.69) is 31.3 Å². The zero-order valence-corrected chi connectivity index (χ0v) is 8.10. The molecular formula is C9H18N2. The van der Waals surface area contributed by atoms with Gasteiger partial charge in [0.15, 0.2) is 0 Å². The zero-order valence-electron chi connectivity index (χ0n) is 8.10. The molecule has 0 bridgehead atoms. The van der Waals surface area contributed by atoms with Crippen molar-refractivity contribution in [2.45, 2.75) is 34.6 Å². The lowest BCUT2D eigenvalue weighted by Gasteiger charge is -2.21. The molecule has 0 aromatic carbocycles. The standard InChI is InChI=1S/C9H18N2/c1-6-8(9(3,4)5)11-10-7-2/h6-7,11H,1-5H3/b8-6?,10-7-. The maximum absolute atomic E-state index is 3.97. The summed E-state index contributed by atoms with van der Waals surface area (Å²) < 4.78 is 0. The molecular weight excluding hydrogens is 136 g/mol. The Morgan fingerprint density at radius 3 is 2.09 bits per heavy atom. The largest absolute Gasteiger partial charge is 0.283 e. The van der Waals surface area contributed by atoms with Gasteiger partial charge in [0.2, 0.25) is 0 Å². The molecule has 0 radical (unpaired) electrons. The molecule has 0 aliphatic carbocycles. The first-order chi connectivity index (χ1) is 5.02. The predicted octanol–water partition coefficient (Wildman–Crippen LogP) is 2.53. The molecule has 0 amide bonds. The highest BCUT2D eigenvalue weighted by molar-refractivity contribution is 5.52. The monoisotopic (exact) mass is 154 g/mol. The van der Waals surface area contributed by atoms with Crippen LogP contribution in [0.2, 0.25) is 0 Å². The predicted molar refractivity (Wildman–Crippen MR) is 50.5 cm³/mol. The summed E-state index contributed by atoms with van der Waals surface area (Å²) in [6.45, 7) is 10.4. The Balaban J connectivity index is 4.21. The Kier molecular flexibility index (Phi) is 3.86. The van der Waals surface area contributed by atoms with E-state index in [1.807, 2.05) is 19.9 Å². The minimum atomic E-state index is 0.154. The van der Waals surface area contributed by atoms with Crippen LogP contribution in [0, 0.1) is 5.41 Å². The van der Waals surface area contributed by atoms with Gasteiger partial charge in [-0.1, -0.05) is 26.8 Å². The molecule has 11 heavy (non-hydrogen) atoms. The number of hydrogen-bond donors (Lipinski definition) is 1. The Hall–Kier alpha value is -0.790. The van der Waals surface area contributed by atoms with Gasteiger partial charge in [-0.15, -0.1) is 0 Å². The molecule has 0 fully saturated rings. The summed E-state index contributed by atoms with van der Waals surface area (Å²) in [4.78, 5) is 0. The van der Waals surface area contributed by atoms with Crippen molar-refractivity contribution in [3.05, 3.63) is 11.8 Å². The van der Waals surface area contributed by atoms with Gasteiger partial charge in [0.05, 0.1) is 0 Å². The zero-order chi connectivity index (χ0) is 8.91. The number of rotatable bonds is 2. The second-order valence-corrected chi connectivity index (χ2v) is 3.45. The van der Waals surface area contributed by atoms with E-state index >= 15 is 0 Å². The van der Waals surface area contributed by atoms with E-state index in [9.17, 15) is 0 Å². The topological polar surface area (TPSA) is 24.4 Å². The summed E-state index contributed by atoms with van der Waals surface area (Å²) in [7, 11) is 0. The lowest BCUT2D eigenvalue weighted by atomic mass is 9.92. The van der Waals surface area contributed by atoms with Crippen molar-refractivity contribution in [1.29, 1.82) is 0 Å². The van der Waals surface area contributed by atoms with E-state index in [0.29, 0.717) is 0 Å². The first-order valence-electron chi connectivity index (χ1n) is 3.93. The van der Waals surface area contributed by atoms with E-state index in [-0.39, 0.29) is 5.41 Å². The quantitative estimate of drug-likeness (QED) is 0.479. The fourth-order valence-electron chi connectivity index (χ4n) is 0.799. The van der Waals surface area contributed by atoms with Crippen LogP contribution in [-0.2, 0) is 0 Å². The Bertz CT molecular complexity index is 161. The highest BCUT2D eigenvalue weighted by atomic mass is 15.3. The highest BCUT2D eigenvalue weighted by Crippen LogP contribution is 2.22. The molecule has 0 spiro atoms. The van der Waals surface area contributed by atoms with E-state index in [0.717, 1.165) is 5.70 Å². The van der Waals surface area contributed by atoms with Crippen LogP contribution in [0.3, 0.4) is 0 Å². The number of hydrogen-bond acceptors (Lipinski definition) is 2. The maximum atomic E-state index is 3.97. The van der Waals surface area contributed by atoms with Crippen molar-refractivity contribution < 1.29 is 0 Å². The van der Waals surface area contributed by atoms with E-state index < -0.39 is 0 Å². The van der Waals surface area contributed by atoms with E-state index in [1.54, 1.807) is 6.21 Å². The molecule has 0 atom stereocenters. The van der Waals surface area contributed by atoms with Gasteiger partial charge in [0.1, 0.15) is 0 Å². The van der Waals surface area contributed by atoms with Gasteiger partial charge in [-0.3, -0.25) is 5.43 Å². The molecule has 0 unspecified atom stereocenters. The summed E-state index contributed by atoms with van der Waals surface area (Å²) in [6, 6.07) is 0. The van der Waals surface area contributed by atoms with Gasteiger partial charge in [0.25, 0.3) is 0 Å².